The monoisotopic (exact) mass is 322 g/mol. The van der Waals surface area contributed by atoms with Crippen LogP contribution in [0.3, 0.4) is 0 Å². The third-order valence-electron chi connectivity index (χ3n) is 3.77. The summed E-state index contributed by atoms with van der Waals surface area (Å²) in [5.41, 5.74) is 1.03. The highest BCUT2D eigenvalue weighted by molar-refractivity contribution is 7.99. The summed E-state index contributed by atoms with van der Waals surface area (Å²) < 4.78 is 5.25. The van der Waals surface area contributed by atoms with Gasteiger partial charge in [0.1, 0.15) is 5.75 Å². The molecule has 1 aromatic carbocycles. The zero-order chi connectivity index (χ0) is 16.1. The van der Waals surface area contributed by atoms with Crippen LogP contribution in [0.15, 0.2) is 23.1 Å². The van der Waals surface area contributed by atoms with Gasteiger partial charge in [-0.15, -0.1) is 11.8 Å². The number of nitrogens with zero attached hydrogens (tertiary/aromatic N) is 2. The first-order chi connectivity index (χ1) is 10.6. The molecule has 0 radical (unpaired) electrons. The van der Waals surface area contributed by atoms with Gasteiger partial charge in [0, 0.05) is 36.8 Å². The van der Waals surface area contributed by atoms with Crippen LogP contribution in [0.4, 0.5) is 0 Å². The Balaban J connectivity index is 2.19. The van der Waals surface area contributed by atoms with Crippen molar-refractivity contribution in [1.82, 2.24) is 9.80 Å². The maximum Gasteiger partial charge on any atom is 0.312 e. The number of amides is 2. The van der Waals surface area contributed by atoms with Gasteiger partial charge in [-0.1, -0.05) is 0 Å². The third kappa shape index (κ3) is 3.55. The van der Waals surface area contributed by atoms with E-state index in [-0.39, 0.29) is 0 Å². The largest absolute Gasteiger partial charge is 0.497 e. The van der Waals surface area contributed by atoms with E-state index in [0.29, 0.717) is 26.2 Å². The van der Waals surface area contributed by atoms with E-state index >= 15 is 0 Å². The Labute approximate surface area is 135 Å². The van der Waals surface area contributed by atoms with Gasteiger partial charge in [0.05, 0.1) is 7.11 Å². The first-order valence-corrected chi connectivity index (χ1v) is 8.47. The molecule has 0 bridgehead atoms. The number of hydrogen-bond donors (Lipinski definition) is 0. The first kappa shape index (κ1) is 16.7. The Morgan fingerprint density at radius 3 is 2.68 bits per heavy atom. The Morgan fingerprint density at radius 1 is 1.32 bits per heavy atom. The van der Waals surface area contributed by atoms with E-state index in [1.807, 2.05) is 32.0 Å². The van der Waals surface area contributed by atoms with Crippen LogP contribution in [-0.4, -0.2) is 54.1 Å². The van der Waals surface area contributed by atoms with Crippen molar-refractivity contribution in [1.29, 1.82) is 0 Å². The second-order valence-electron chi connectivity index (χ2n) is 5.03. The molecule has 2 rings (SSSR count). The van der Waals surface area contributed by atoms with E-state index in [1.54, 1.807) is 28.7 Å². The summed E-state index contributed by atoms with van der Waals surface area (Å²) in [5, 5.41) is 0. The molecule has 1 aromatic rings. The fourth-order valence-electron chi connectivity index (χ4n) is 2.45. The van der Waals surface area contributed by atoms with Gasteiger partial charge < -0.3 is 14.5 Å². The van der Waals surface area contributed by atoms with Crippen molar-refractivity contribution in [2.24, 2.45) is 0 Å². The zero-order valence-corrected chi connectivity index (χ0v) is 14.1. The lowest BCUT2D eigenvalue weighted by atomic mass is 10.2. The van der Waals surface area contributed by atoms with Crippen molar-refractivity contribution < 1.29 is 14.3 Å². The number of methoxy groups -OCH3 is 1. The summed E-state index contributed by atoms with van der Waals surface area (Å²) in [6, 6.07) is 5.87. The SMILES string of the molecule is CCN(CC)C(=O)C(=O)N1CCSc2ccc(OC)cc2C1. The Hall–Kier alpha value is -1.69. The number of rotatable bonds is 3. The van der Waals surface area contributed by atoms with Crippen LogP contribution in [-0.2, 0) is 16.1 Å². The van der Waals surface area contributed by atoms with Crippen molar-refractivity contribution in [2.45, 2.75) is 25.3 Å². The van der Waals surface area contributed by atoms with Crippen molar-refractivity contribution in [3.8, 4) is 5.75 Å². The fourth-order valence-corrected chi connectivity index (χ4v) is 3.46. The van der Waals surface area contributed by atoms with E-state index in [1.165, 1.54) is 0 Å². The second kappa shape index (κ2) is 7.54. The molecule has 0 fully saturated rings. The minimum atomic E-state index is -0.417. The molecule has 0 saturated carbocycles. The van der Waals surface area contributed by atoms with Crippen molar-refractivity contribution in [3.05, 3.63) is 23.8 Å². The Bertz CT molecular complexity index is 558. The number of fused-ring (bicyclic) bond motifs is 1. The molecule has 0 spiro atoms. The van der Waals surface area contributed by atoms with Crippen molar-refractivity contribution in [3.63, 3.8) is 0 Å². The van der Waals surface area contributed by atoms with Gasteiger partial charge in [0.15, 0.2) is 0 Å². The summed E-state index contributed by atoms with van der Waals surface area (Å²) in [5.74, 6) is 0.724. The highest BCUT2D eigenvalue weighted by Crippen LogP contribution is 2.30. The summed E-state index contributed by atoms with van der Waals surface area (Å²) in [7, 11) is 1.62. The lowest BCUT2D eigenvalue weighted by Crippen LogP contribution is -2.45. The van der Waals surface area contributed by atoms with Crippen molar-refractivity contribution in [2.75, 3.05) is 32.5 Å². The first-order valence-electron chi connectivity index (χ1n) is 7.48. The molecule has 1 heterocycles. The topological polar surface area (TPSA) is 49.9 Å². The highest BCUT2D eigenvalue weighted by atomic mass is 32.2. The van der Waals surface area contributed by atoms with Crippen LogP contribution >= 0.6 is 11.8 Å². The molecule has 0 N–H and O–H groups in total. The number of hydrogen-bond acceptors (Lipinski definition) is 4. The van der Waals surface area contributed by atoms with Crippen LogP contribution in [0.5, 0.6) is 5.75 Å². The van der Waals surface area contributed by atoms with Gasteiger partial charge in [0.2, 0.25) is 0 Å². The minimum absolute atomic E-state index is 0.415. The Morgan fingerprint density at radius 2 is 2.05 bits per heavy atom. The van der Waals surface area contributed by atoms with Gasteiger partial charge in [-0.2, -0.15) is 0 Å². The predicted molar refractivity (Wildman–Crippen MR) is 87.1 cm³/mol. The minimum Gasteiger partial charge on any atom is -0.497 e. The lowest BCUT2D eigenvalue weighted by Gasteiger charge is -2.24. The van der Waals surface area contributed by atoms with E-state index < -0.39 is 11.8 Å². The number of ether oxygens (including phenoxy) is 1. The molecule has 0 atom stereocenters. The molecular weight excluding hydrogens is 300 g/mol. The molecule has 1 aliphatic rings. The summed E-state index contributed by atoms with van der Waals surface area (Å²) in [4.78, 5) is 29.1. The number of carbonyl (C=O) groups is 2. The molecule has 1 aliphatic heterocycles. The van der Waals surface area contributed by atoms with Gasteiger partial charge in [0.25, 0.3) is 0 Å². The van der Waals surface area contributed by atoms with Crippen LogP contribution in [0.2, 0.25) is 0 Å². The van der Waals surface area contributed by atoms with Crippen LogP contribution in [0.1, 0.15) is 19.4 Å². The van der Waals surface area contributed by atoms with Gasteiger partial charge in [-0.25, -0.2) is 0 Å². The third-order valence-corrected chi connectivity index (χ3v) is 4.86. The lowest BCUT2D eigenvalue weighted by molar-refractivity contribution is -0.151. The quantitative estimate of drug-likeness (QED) is 0.799. The van der Waals surface area contributed by atoms with Gasteiger partial charge >= 0.3 is 11.8 Å². The van der Waals surface area contributed by atoms with Crippen LogP contribution in [0, 0.1) is 0 Å². The molecule has 22 heavy (non-hydrogen) atoms. The smallest absolute Gasteiger partial charge is 0.312 e. The molecule has 0 aliphatic carbocycles. The maximum absolute atomic E-state index is 12.5. The molecular formula is C16H22N2O3S. The summed E-state index contributed by atoms with van der Waals surface area (Å²) in [6.45, 7) is 5.89. The summed E-state index contributed by atoms with van der Waals surface area (Å²) in [6.07, 6.45) is 0. The number of likely N-dealkylation sites (N-methyl/N-ethyl adjacent to an activating group) is 1. The van der Waals surface area contributed by atoms with E-state index in [2.05, 4.69) is 0 Å². The van der Waals surface area contributed by atoms with Gasteiger partial charge in [-0.3, -0.25) is 9.59 Å². The number of thioether (sulfide) groups is 1. The maximum atomic E-state index is 12.5. The molecule has 6 heteroatoms. The predicted octanol–water partition coefficient (Wildman–Crippen LogP) is 2.00. The average molecular weight is 322 g/mol. The molecule has 120 valence electrons. The number of carbonyl (C=O) groups excluding carboxylic acids is 2. The van der Waals surface area contributed by atoms with Crippen LogP contribution < -0.4 is 4.74 Å². The standard InChI is InChI=1S/C16H22N2O3S/c1-4-17(5-2)15(19)16(20)18-8-9-22-14-7-6-13(21-3)10-12(14)11-18/h6-7,10H,4-5,8-9,11H2,1-3H3. The van der Waals surface area contributed by atoms with E-state index in [0.717, 1.165) is 22.0 Å². The fraction of sp³-hybridized carbons (Fsp3) is 0.500. The zero-order valence-electron chi connectivity index (χ0n) is 13.3. The van der Waals surface area contributed by atoms with E-state index in [4.69, 9.17) is 4.74 Å². The normalized spacial score (nSPS) is 14.0. The van der Waals surface area contributed by atoms with E-state index in [9.17, 15) is 9.59 Å². The highest BCUT2D eigenvalue weighted by Gasteiger charge is 2.27. The molecule has 5 nitrogen and oxygen atoms in total. The Kier molecular flexibility index (Phi) is 5.71. The summed E-state index contributed by atoms with van der Waals surface area (Å²) >= 11 is 1.71. The molecule has 2 amide bonds. The van der Waals surface area contributed by atoms with Gasteiger partial charge in [-0.05, 0) is 37.6 Å². The number of benzene rings is 1. The van der Waals surface area contributed by atoms with Crippen molar-refractivity contribution >= 4 is 23.6 Å². The second-order valence-corrected chi connectivity index (χ2v) is 6.16. The molecule has 0 unspecified atom stereocenters. The van der Waals surface area contributed by atoms with Crippen LogP contribution in [0.25, 0.3) is 0 Å². The average Bonchev–Trinajstić information content (AvgIpc) is 2.76. The molecule has 0 aromatic heterocycles. The molecule has 0 saturated heterocycles.